The van der Waals surface area contributed by atoms with Crippen molar-refractivity contribution in [3.05, 3.63) is 60.0 Å². The minimum absolute atomic E-state index is 1.25. The molecule has 0 N–H and O–H groups in total. The molecule has 0 saturated heterocycles. The van der Waals surface area contributed by atoms with Gasteiger partial charge in [-0.05, 0) is 43.2 Å². The van der Waals surface area contributed by atoms with E-state index in [1.807, 2.05) is 0 Å². The highest BCUT2D eigenvalue weighted by Crippen LogP contribution is 2.25. The van der Waals surface area contributed by atoms with Gasteiger partial charge in [-0.2, -0.15) is 0 Å². The van der Waals surface area contributed by atoms with Gasteiger partial charge >= 0.3 is 0 Å². The van der Waals surface area contributed by atoms with Gasteiger partial charge in [-0.25, -0.2) is 4.57 Å². The van der Waals surface area contributed by atoms with Crippen molar-refractivity contribution in [3.8, 4) is 11.3 Å². The standard InChI is InChI=1S/C16H17N2/c1-12-6-9-17(3)15(11-12)14-5-4-8-18-10-7-13(2)16(14)18/h4-11H,1-3H3/q+1. The third-order valence-corrected chi connectivity index (χ3v) is 3.46. The Balaban J connectivity index is 2.38. The first kappa shape index (κ1) is 11.0. The van der Waals surface area contributed by atoms with Crippen LogP contribution < -0.4 is 4.57 Å². The van der Waals surface area contributed by atoms with Crippen molar-refractivity contribution in [1.82, 2.24) is 4.40 Å². The van der Waals surface area contributed by atoms with Crippen LogP contribution in [0, 0.1) is 13.8 Å². The number of hydrogen-bond donors (Lipinski definition) is 0. The van der Waals surface area contributed by atoms with Crippen molar-refractivity contribution in [2.24, 2.45) is 7.05 Å². The van der Waals surface area contributed by atoms with E-state index in [0.29, 0.717) is 0 Å². The van der Waals surface area contributed by atoms with E-state index < -0.39 is 0 Å². The average molecular weight is 237 g/mol. The highest BCUT2D eigenvalue weighted by Gasteiger charge is 2.14. The summed E-state index contributed by atoms with van der Waals surface area (Å²) in [6, 6.07) is 10.8. The van der Waals surface area contributed by atoms with Gasteiger partial charge in [0.15, 0.2) is 6.20 Å². The number of rotatable bonds is 1. The lowest BCUT2D eigenvalue weighted by Gasteiger charge is -2.05. The van der Waals surface area contributed by atoms with Gasteiger partial charge in [-0.15, -0.1) is 0 Å². The molecular weight excluding hydrogens is 220 g/mol. The predicted molar refractivity (Wildman–Crippen MR) is 73.5 cm³/mol. The molecule has 3 rings (SSSR count). The Bertz CT molecular complexity index is 723. The summed E-state index contributed by atoms with van der Waals surface area (Å²) < 4.78 is 4.36. The molecule has 0 aliphatic heterocycles. The fourth-order valence-corrected chi connectivity index (χ4v) is 2.49. The van der Waals surface area contributed by atoms with Crippen molar-refractivity contribution in [1.29, 1.82) is 0 Å². The molecule has 0 amide bonds. The van der Waals surface area contributed by atoms with Crippen molar-refractivity contribution in [2.45, 2.75) is 13.8 Å². The molecule has 90 valence electrons. The second-order valence-electron chi connectivity index (χ2n) is 4.88. The van der Waals surface area contributed by atoms with E-state index in [1.165, 1.54) is 27.9 Å². The van der Waals surface area contributed by atoms with E-state index in [4.69, 9.17) is 0 Å². The number of hydrogen-bond acceptors (Lipinski definition) is 0. The molecule has 0 aliphatic rings. The minimum Gasteiger partial charge on any atom is -0.323 e. The Morgan fingerprint density at radius 3 is 2.72 bits per heavy atom. The van der Waals surface area contributed by atoms with Crippen LogP contribution >= 0.6 is 0 Å². The molecule has 0 aliphatic carbocycles. The van der Waals surface area contributed by atoms with Crippen LogP contribution in [0.4, 0.5) is 0 Å². The van der Waals surface area contributed by atoms with Gasteiger partial charge in [0.05, 0.1) is 11.1 Å². The number of aryl methyl sites for hydroxylation is 3. The molecule has 0 spiro atoms. The summed E-state index contributed by atoms with van der Waals surface area (Å²) in [6.45, 7) is 4.29. The third-order valence-electron chi connectivity index (χ3n) is 3.46. The summed E-state index contributed by atoms with van der Waals surface area (Å²) in [7, 11) is 2.09. The maximum Gasteiger partial charge on any atom is 0.214 e. The zero-order valence-corrected chi connectivity index (χ0v) is 11.0. The smallest absolute Gasteiger partial charge is 0.214 e. The van der Waals surface area contributed by atoms with E-state index in [9.17, 15) is 0 Å². The van der Waals surface area contributed by atoms with Gasteiger partial charge in [0.25, 0.3) is 0 Å². The first-order valence-electron chi connectivity index (χ1n) is 6.20. The molecule has 0 bridgehead atoms. The summed E-state index contributed by atoms with van der Waals surface area (Å²) in [5.41, 5.74) is 6.42. The quantitative estimate of drug-likeness (QED) is 0.575. The van der Waals surface area contributed by atoms with Crippen LogP contribution in [0.15, 0.2) is 48.9 Å². The maximum atomic E-state index is 2.24. The molecule has 3 heterocycles. The van der Waals surface area contributed by atoms with E-state index in [2.05, 4.69) is 78.8 Å². The zero-order valence-electron chi connectivity index (χ0n) is 11.0. The third kappa shape index (κ3) is 1.61. The second kappa shape index (κ2) is 3.98. The van der Waals surface area contributed by atoms with Crippen LogP contribution in [0.25, 0.3) is 16.8 Å². The van der Waals surface area contributed by atoms with E-state index >= 15 is 0 Å². The molecule has 0 saturated carbocycles. The van der Waals surface area contributed by atoms with E-state index in [1.54, 1.807) is 0 Å². The number of pyridine rings is 2. The molecule has 0 aromatic carbocycles. The molecule has 18 heavy (non-hydrogen) atoms. The lowest BCUT2D eigenvalue weighted by Crippen LogP contribution is -2.30. The van der Waals surface area contributed by atoms with Crippen molar-refractivity contribution in [3.63, 3.8) is 0 Å². The molecule has 0 unspecified atom stereocenters. The van der Waals surface area contributed by atoms with Gasteiger partial charge in [-0.3, -0.25) is 0 Å². The minimum atomic E-state index is 1.25. The summed E-state index contributed by atoms with van der Waals surface area (Å²) in [5.74, 6) is 0. The normalized spacial score (nSPS) is 11.1. The van der Waals surface area contributed by atoms with Crippen molar-refractivity contribution < 1.29 is 4.57 Å². The van der Waals surface area contributed by atoms with Crippen LogP contribution in [-0.4, -0.2) is 4.40 Å². The molecule has 0 atom stereocenters. The van der Waals surface area contributed by atoms with Crippen LogP contribution in [0.1, 0.15) is 11.1 Å². The first-order chi connectivity index (χ1) is 8.66. The Morgan fingerprint density at radius 1 is 1.06 bits per heavy atom. The average Bonchev–Trinajstić information content (AvgIpc) is 2.75. The van der Waals surface area contributed by atoms with E-state index in [-0.39, 0.29) is 0 Å². The lowest BCUT2D eigenvalue weighted by molar-refractivity contribution is -0.660. The van der Waals surface area contributed by atoms with Crippen LogP contribution in [0.5, 0.6) is 0 Å². The van der Waals surface area contributed by atoms with Gasteiger partial charge in [0.1, 0.15) is 7.05 Å². The second-order valence-corrected chi connectivity index (χ2v) is 4.88. The topological polar surface area (TPSA) is 8.29 Å². The number of fused-ring (bicyclic) bond motifs is 1. The Kier molecular flexibility index (Phi) is 2.44. The predicted octanol–water partition coefficient (Wildman–Crippen LogP) is 3.05. The molecule has 3 aromatic rings. The molecular formula is C16H17N2+. The molecule has 2 nitrogen and oxygen atoms in total. The number of nitrogens with zero attached hydrogens (tertiary/aromatic N) is 2. The van der Waals surface area contributed by atoms with Gasteiger partial charge < -0.3 is 4.40 Å². The van der Waals surface area contributed by atoms with Crippen molar-refractivity contribution in [2.75, 3.05) is 0 Å². The zero-order chi connectivity index (χ0) is 12.7. The summed E-state index contributed by atoms with van der Waals surface area (Å²) in [6.07, 6.45) is 6.33. The maximum absolute atomic E-state index is 2.24. The summed E-state index contributed by atoms with van der Waals surface area (Å²) in [4.78, 5) is 0. The van der Waals surface area contributed by atoms with Gasteiger partial charge in [-0.1, -0.05) is 0 Å². The van der Waals surface area contributed by atoms with Gasteiger partial charge in [0, 0.05) is 24.5 Å². The fourth-order valence-electron chi connectivity index (χ4n) is 2.49. The number of aromatic nitrogens is 2. The van der Waals surface area contributed by atoms with E-state index in [0.717, 1.165) is 0 Å². The Labute approximate surface area is 107 Å². The van der Waals surface area contributed by atoms with Crippen LogP contribution in [0.3, 0.4) is 0 Å². The Hall–Kier alpha value is -2.09. The summed E-state index contributed by atoms with van der Waals surface area (Å²) in [5, 5.41) is 0. The van der Waals surface area contributed by atoms with Crippen molar-refractivity contribution >= 4 is 5.52 Å². The van der Waals surface area contributed by atoms with Crippen LogP contribution in [0.2, 0.25) is 0 Å². The lowest BCUT2D eigenvalue weighted by atomic mass is 10.1. The fraction of sp³-hybridized carbons (Fsp3) is 0.188. The van der Waals surface area contributed by atoms with Gasteiger partial charge in [0.2, 0.25) is 5.69 Å². The molecule has 0 fully saturated rings. The highest BCUT2D eigenvalue weighted by molar-refractivity contribution is 5.79. The van der Waals surface area contributed by atoms with Crippen LogP contribution in [-0.2, 0) is 7.05 Å². The Morgan fingerprint density at radius 2 is 1.89 bits per heavy atom. The highest BCUT2D eigenvalue weighted by atomic mass is 14.9. The SMILES string of the molecule is Cc1cc[n+](C)c(-c2cccn3ccc(C)c23)c1. The summed E-state index contributed by atoms with van der Waals surface area (Å²) >= 11 is 0. The first-order valence-corrected chi connectivity index (χ1v) is 6.20. The molecule has 3 aromatic heterocycles. The molecule has 2 heteroatoms. The largest absolute Gasteiger partial charge is 0.323 e. The monoisotopic (exact) mass is 237 g/mol. The molecule has 0 radical (unpaired) electrons.